The molecule has 1 aliphatic rings. The molecule has 1 aromatic carbocycles. The van der Waals surface area contributed by atoms with Gasteiger partial charge in [-0.05, 0) is 55.7 Å². The summed E-state index contributed by atoms with van der Waals surface area (Å²) in [6.07, 6.45) is -0.917. The Morgan fingerprint density at radius 1 is 1.08 bits per heavy atom. The smallest absolute Gasteiger partial charge is 0.354 e. The zero-order valence-corrected chi connectivity index (χ0v) is 20.8. The van der Waals surface area contributed by atoms with Gasteiger partial charge in [0.25, 0.3) is 0 Å². The first kappa shape index (κ1) is 24.4. The molecule has 4 heterocycles. The van der Waals surface area contributed by atoms with Gasteiger partial charge in [-0.2, -0.15) is 23.1 Å². The highest BCUT2D eigenvalue weighted by Gasteiger charge is 2.32. The molecule has 0 bridgehead atoms. The van der Waals surface area contributed by atoms with Crippen molar-refractivity contribution in [3.63, 3.8) is 0 Å². The summed E-state index contributed by atoms with van der Waals surface area (Å²) < 4.78 is 55.0. The van der Waals surface area contributed by atoms with Crippen LogP contribution in [-0.2, 0) is 6.18 Å². The normalized spacial score (nSPS) is 16.5. The molecule has 4 aromatic rings. The van der Waals surface area contributed by atoms with E-state index in [9.17, 15) is 13.2 Å². The number of hydrogen-bond donors (Lipinski definition) is 0. The van der Waals surface area contributed by atoms with Crippen LogP contribution in [0.4, 0.5) is 28.6 Å². The number of aromatic nitrogens is 4. The first-order valence-corrected chi connectivity index (χ1v) is 12.3. The lowest BCUT2D eigenvalue weighted by Crippen LogP contribution is -2.35. The third kappa shape index (κ3) is 4.71. The lowest BCUT2D eigenvalue weighted by Gasteiger charge is -2.33. The highest BCUT2D eigenvalue weighted by atomic mass is 32.1. The Bertz CT molecular complexity index is 1420. The topological polar surface area (TPSA) is 58.0 Å². The third-order valence-electron chi connectivity index (χ3n) is 6.26. The number of nitrogens with zero attached hydrogens (tertiary/aromatic N) is 6. The summed E-state index contributed by atoms with van der Waals surface area (Å²) in [6.45, 7) is 3.33. The number of benzene rings is 1. The van der Waals surface area contributed by atoms with E-state index in [2.05, 4.69) is 16.0 Å². The fourth-order valence-corrected chi connectivity index (χ4v) is 5.38. The lowest BCUT2D eigenvalue weighted by atomic mass is 9.91. The number of rotatable bonds is 4. The fourth-order valence-electron chi connectivity index (χ4n) is 4.45. The summed E-state index contributed by atoms with van der Waals surface area (Å²) in [5.41, 5.74) is 1.72. The van der Waals surface area contributed by atoms with E-state index in [0.717, 1.165) is 30.7 Å². The third-order valence-corrected chi connectivity index (χ3v) is 7.48. The van der Waals surface area contributed by atoms with Crippen LogP contribution in [0.1, 0.15) is 35.6 Å². The maximum atomic E-state index is 15.0. The molecular formula is C25H24F4N6S. The van der Waals surface area contributed by atoms with Gasteiger partial charge in [0, 0.05) is 50.6 Å². The van der Waals surface area contributed by atoms with Gasteiger partial charge in [-0.25, -0.2) is 9.37 Å². The fraction of sp³-hybridized carbons (Fsp3) is 0.360. The Balaban J connectivity index is 1.59. The summed E-state index contributed by atoms with van der Waals surface area (Å²) >= 11 is 1.28. The van der Waals surface area contributed by atoms with Gasteiger partial charge >= 0.3 is 6.18 Å². The molecule has 0 saturated carbocycles. The molecule has 0 aliphatic carbocycles. The van der Waals surface area contributed by atoms with Crippen molar-refractivity contribution in [3.8, 4) is 11.3 Å². The van der Waals surface area contributed by atoms with Crippen LogP contribution in [0.2, 0.25) is 0 Å². The minimum Gasteiger partial charge on any atom is -0.354 e. The van der Waals surface area contributed by atoms with Crippen molar-refractivity contribution in [1.82, 2.24) is 19.9 Å². The predicted molar refractivity (Wildman–Crippen MR) is 133 cm³/mol. The van der Waals surface area contributed by atoms with E-state index in [-0.39, 0.29) is 17.2 Å². The van der Waals surface area contributed by atoms with E-state index in [4.69, 9.17) is 9.97 Å². The van der Waals surface area contributed by atoms with Crippen LogP contribution in [0, 0.1) is 12.7 Å². The molecule has 1 saturated heterocycles. The molecule has 188 valence electrons. The molecule has 0 N–H and O–H groups in total. The zero-order chi connectivity index (χ0) is 25.6. The molecule has 3 aromatic heterocycles. The van der Waals surface area contributed by atoms with Crippen molar-refractivity contribution in [2.24, 2.45) is 0 Å². The summed E-state index contributed by atoms with van der Waals surface area (Å²) in [5, 5.41) is 0.647. The van der Waals surface area contributed by atoms with Crippen molar-refractivity contribution in [2.45, 2.75) is 31.9 Å². The Hall–Kier alpha value is -3.34. The van der Waals surface area contributed by atoms with Gasteiger partial charge in [0.15, 0.2) is 10.8 Å². The second-order valence-corrected chi connectivity index (χ2v) is 10.1. The number of halogens is 4. The van der Waals surface area contributed by atoms with Crippen LogP contribution in [0.25, 0.3) is 21.6 Å². The highest BCUT2D eigenvalue weighted by Crippen LogP contribution is 2.39. The lowest BCUT2D eigenvalue weighted by molar-refractivity contribution is -0.137. The number of alkyl halides is 3. The average molecular weight is 517 g/mol. The number of pyridine rings is 1. The first-order chi connectivity index (χ1) is 17.1. The molecule has 1 atom stereocenters. The minimum atomic E-state index is -4.64. The van der Waals surface area contributed by atoms with Gasteiger partial charge in [-0.15, -0.1) is 0 Å². The predicted octanol–water partition coefficient (Wildman–Crippen LogP) is 6.06. The number of fused-ring (bicyclic) bond motifs is 1. The van der Waals surface area contributed by atoms with Crippen LogP contribution < -0.4 is 9.80 Å². The van der Waals surface area contributed by atoms with Gasteiger partial charge in [0.2, 0.25) is 5.95 Å². The van der Waals surface area contributed by atoms with Crippen molar-refractivity contribution in [1.29, 1.82) is 0 Å². The second-order valence-electron chi connectivity index (χ2n) is 9.12. The molecule has 0 amide bonds. The highest BCUT2D eigenvalue weighted by molar-refractivity contribution is 7.22. The Morgan fingerprint density at radius 2 is 1.89 bits per heavy atom. The number of anilines is 2. The summed E-state index contributed by atoms with van der Waals surface area (Å²) in [6, 6.07) is 6.61. The Labute approximate surface area is 209 Å². The van der Waals surface area contributed by atoms with Crippen LogP contribution in [-0.4, -0.2) is 47.1 Å². The van der Waals surface area contributed by atoms with Gasteiger partial charge in [-0.3, -0.25) is 4.98 Å². The Morgan fingerprint density at radius 3 is 2.58 bits per heavy atom. The maximum absolute atomic E-state index is 15.0. The first-order valence-electron chi connectivity index (χ1n) is 11.5. The molecule has 36 heavy (non-hydrogen) atoms. The summed E-state index contributed by atoms with van der Waals surface area (Å²) in [4.78, 5) is 22.1. The van der Waals surface area contributed by atoms with E-state index >= 15 is 4.39 Å². The SMILES string of the molecule is Cc1cc([C@@H]2CCCN(c3nc(-c4ccc(C(F)(F)F)cc4F)c4sc(N(C)C)nc4n3)C2)ccn1. The quantitative estimate of drug-likeness (QED) is 0.307. The number of piperidine rings is 1. The van der Waals surface area contributed by atoms with Gasteiger partial charge in [0.1, 0.15) is 10.5 Å². The summed E-state index contributed by atoms with van der Waals surface area (Å²) in [5.74, 6) is -0.346. The Kier molecular flexibility index (Phi) is 6.27. The standard InChI is InChI=1S/C25H24F4N6S/c1-14-11-15(8-9-30-14)16-5-4-10-35(13-16)23-31-20(21-22(32-23)33-24(36-21)34(2)3)18-7-6-17(12-19(18)26)25(27,28)29/h6-9,11-12,16H,4-5,10,13H2,1-3H3/t16-/m1/s1. The van der Waals surface area contributed by atoms with Crippen molar-refractivity contribution < 1.29 is 17.6 Å². The van der Waals surface area contributed by atoms with E-state index in [0.29, 0.717) is 40.6 Å². The van der Waals surface area contributed by atoms with Crippen molar-refractivity contribution in [2.75, 3.05) is 37.0 Å². The zero-order valence-electron chi connectivity index (χ0n) is 20.0. The maximum Gasteiger partial charge on any atom is 0.416 e. The molecule has 1 aliphatic heterocycles. The van der Waals surface area contributed by atoms with E-state index in [1.54, 1.807) is 6.20 Å². The molecule has 0 unspecified atom stereocenters. The van der Waals surface area contributed by atoms with Gasteiger partial charge < -0.3 is 9.80 Å². The van der Waals surface area contributed by atoms with Crippen molar-refractivity contribution >= 4 is 32.8 Å². The molecular weight excluding hydrogens is 492 g/mol. The van der Waals surface area contributed by atoms with Crippen molar-refractivity contribution in [3.05, 3.63) is 59.2 Å². The molecule has 1 fully saturated rings. The monoisotopic (exact) mass is 516 g/mol. The van der Waals surface area contributed by atoms with Crippen LogP contribution in [0.3, 0.4) is 0 Å². The molecule has 11 heteroatoms. The average Bonchev–Trinajstić information content (AvgIpc) is 3.28. The number of hydrogen-bond acceptors (Lipinski definition) is 7. The van der Waals surface area contributed by atoms with E-state index in [1.807, 2.05) is 36.9 Å². The molecule has 6 nitrogen and oxygen atoms in total. The molecule has 0 spiro atoms. The minimum absolute atomic E-state index is 0.0103. The summed E-state index contributed by atoms with van der Waals surface area (Å²) in [7, 11) is 3.66. The van der Waals surface area contributed by atoms with Crippen LogP contribution in [0.5, 0.6) is 0 Å². The van der Waals surface area contributed by atoms with Gasteiger partial charge in [0.05, 0.1) is 11.3 Å². The van der Waals surface area contributed by atoms with Crippen LogP contribution in [0.15, 0.2) is 36.5 Å². The number of aryl methyl sites for hydroxylation is 1. The molecule has 5 rings (SSSR count). The van der Waals surface area contributed by atoms with Crippen LogP contribution >= 0.6 is 11.3 Å². The van der Waals surface area contributed by atoms with E-state index in [1.165, 1.54) is 16.9 Å². The van der Waals surface area contributed by atoms with E-state index < -0.39 is 17.6 Å². The largest absolute Gasteiger partial charge is 0.416 e. The molecule has 0 radical (unpaired) electrons. The number of thiazole rings is 1. The second kappa shape index (κ2) is 9.27. The van der Waals surface area contributed by atoms with Gasteiger partial charge in [-0.1, -0.05) is 11.3 Å².